The van der Waals surface area contributed by atoms with Crippen molar-refractivity contribution in [3.05, 3.63) is 30.2 Å². The number of benzene rings is 1. The molecule has 1 unspecified atom stereocenters. The number of nitrogens with two attached hydrogens (primary N) is 1. The van der Waals surface area contributed by atoms with Crippen LogP contribution in [-0.2, 0) is 6.42 Å². The largest absolute Gasteiger partial charge is 0.497 e. The molecule has 0 spiro atoms. The molecule has 102 valence electrons. The molecule has 0 aliphatic heterocycles. The van der Waals surface area contributed by atoms with Gasteiger partial charge in [-0.25, -0.2) is 0 Å². The smallest absolute Gasteiger partial charge is 0.229 e. The molecule has 1 atom stereocenters. The average Bonchev–Trinajstić information content (AvgIpc) is 2.86. The summed E-state index contributed by atoms with van der Waals surface area (Å²) in [4.78, 5) is 4.23. The Morgan fingerprint density at radius 2 is 2.05 bits per heavy atom. The highest BCUT2D eigenvalue weighted by molar-refractivity contribution is 5.55. The molecule has 19 heavy (non-hydrogen) atoms. The number of rotatable bonds is 5. The van der Waals surface area contributed by atoms with Gasteiger partial charge in [0.2, 0.25) is 11.7 Å². The maximum atomic E-state index is 9.86. The Hall–Kier alpha value is -1.92. The number of nitrogens with zero attached hydrogens (tertiary/aromatic N) is 2. The zero-order valence-corrected chi connectivity index (χ0v) is 11.0. The monoisotopic (exact) mass is 263 g/mol. The number of hydrogen-bond donors (Lipinski definition) is 2. The molecule has 0 aliphatic rings. The van der Waals surface area contributed by atoms with Crippen LogP contribution in [0, 0.1) is 0 Å². The van der Waals surface area contributed by atoms with E-state index in [1.807, 2.05) is 24.3 Å². The van der Waals surface area contributed by atoms with Crippen LogP contribution in [0.5, 0.6) is 5.75 Å². The van der Waals surface area contributed by atoms with Gasteiger partial charge < -0.3 is 20.1 Å². The van der Waals surface area contributed by atoms with Gasteiger partial charge in [0.1, 0.15) is 5.75 Å². The Morgan fingerprint density at radius 3 is 2.63 bits per heavy atom. The lowest BCUT2D eigenvalue weighted by Crippen LogP contribution is -2.36. The molecular formula is C13H17N3O3. The lowest BCUT2D eigenvalue weighted by atomic mass is 10.0. The average molecular weight is 263 g/mol. The fourth-order valence-corrected chi connectivity index (χ4v) is 1.58. The van der Waals surface area contributed by atoms with Gasteiger partial charge in [-0.1, -0.05) is 5.16 Å². The highest BCUT2D eigenvalue weighted by Gasteiger charge is 2.22. The fourth-order valence-electron chi connectivity index (χ4n) is 1.58. The van der Waals surface area contributed by atoms with Crippen LogP contribution < -0.4 is 10.5 Å². The van der Waals surface area contributed by atoms with Crippen LogP contribution in [0.2, 0.25) is 0 Å². The third-order valence-corrected chi connectivity index (χ3v) is 2.79. The first-order valence-corrected chi connectivity index (χ1v) is 5.93. The van der Waals surface area contributed by atoms with Crippen LogP contribution in [-0.4, -0.2) is 34.5 Å². The predicted molar refractivity (Wildman–Crippen MR) is 69.7 cm³/mol. The van der Waals surface area contributed by atoms with Gasteiger partial charge in [-0.15, -0.1) is 0 Å². The molecule has 1 aromatic carbocycles. The van der Waals surface area contributed by atoms with Gasteiger partial charge in [0.25, 0.3) is 0 Å². The van der Waals surface area contributed by atoms with E-state index in [1.165, 1.54) is 0 Å². The van der Waals surface area contributed by atoms with Crippen molar-refractivity contribution in [3.63, 3.8) is 0 Å². The SMILES string of the molecule is COc1ccc(-c2noc(CC(C)(O)CN)n2)cc1. The van der Waals surface area contributed by atoms with E-state index in [0.717, 1.165) is 11.3 Å². The van der Waals surface area contributed by atoms with Crippen LogP contribution >= 0.6 is 0 Å². The van der Waals surface area contributed by atoms with Gasteiger partial charge in [0.15, 0.2) is 0 Å². The minimum Gasteiger partial charge on any atom is -0.497 e. The molecule has 0 aliphatic carbocycles. The third kappa shape index (κ3) is 3.30. The van der Waals surface area contributed by atoms with Crippen molar-refractivity contribution in [1.29, 1.82) is 0 Å². The standard InChI is InChI=1S/C13H17N3O3/c1-13(17,8-14)7-11-15-12(16-19-11)9-3-5-10(18-2)6-4-9/h3-6,17H,7-8,14H2,1-2H3. The number of aliphatic hydroxyl groups is 1. The Balaban J connectivity index is 2.16. The van der Waals surface area contributed by atoms with E-state index in [2.05, 4.69) is 10.1 Å². The van der Waals surface area contributed by atoms with Crippen molar-refractivity contribution < 1.29 is 14.4 Å². The summed E-state index contributed by atoms with van der Waals surface area (Å²) in [5, 5.41) is 13.7. The molecule has 6 heteroatoms. The van der Waals surface area contributed by atoms with Gasteiger partial charge >= 0.3 is 0 Å². The Bertz CT molecular complexity index is 534. The molecule has 6 nitrogen and oxygen atoms in total. The van der Waals surface area contributed by atoms with Crippen LogP contribution in [0.4, 0.5) is 0 Å². The first kappa shape index (κ1) is 13.5. The normalized spacial score (nSPS) is 14.1. The molecule has 0 radical (unpaired) electrons. The van der Waals surface area contributed by atoms with Crippen molar-refractivity contribution in [2.45, 2.75) is 18.9 Å². The van der Waals surface area contributed by atoms with Gasteiger partial charge in [-0.2, -0.15) is 4.98 Å². The third-order valence-electron chi connectivity index (χ3n) is 2.79. The van der Waals surface area contributed by atoms with E-state index in [9.17, 15) is 5.11 Å². The molecule has 1 aromatic heterocycles. The number of aromatic nitrogens is 2. The van der Waals surface area contributed by atoms with Gasteiger partial charge in [0, 0.05) is 12.1 Å². The van der Waals surface area contributed by atoms with Crippen LogP contribution in [0.25, 0.3) is 11.4 Å². The Morgan fingerprint density at radius 1 is 1.37 bits per heavy atom. The van der Waals surface area contributed by atoms with Crippen LogP contribution in [0.3, 0.4) is 0 Å². The summed E-state index contributed by atoms with van der Waals surface area (Å²) in [6.45, 7) is 1.76. The quantitative estimate of drug-likeness (QED) is 0.835. The molecule has 0 amide bonds. The van der Waals surface area contributed by atoms with Gasteiger partial charge in [0.05, 0.1) is 19.1 Å². The fraction of sp³-hybridized carbons (Fsp3) is 0.385. The van der Waals surface area contributed by atoms with Crippen molar-refractivity contribution in [2.24, 2.45) is 5.73 Å². The lowest BCUT2D eigenvalue weighted by Gasteiger charge is -2.17. The summed E-state index contributed by atoms with van der Waals surface area (Å²) >= 11 is 0. The molecule has 0 saturated heterocycles. The Labute approximate surface area is 111 Å². The van der Waals surface area contributed by atoms with E-state index in [0.29, 0.717) is 11.7 Å². The molecule has 2 rings (SSSR count). The van der Waals surface area contributed by atoms with Gasteiger partial charge in [-0.05, 0) is 31.2 Å². The zero-order valence-electron chi connectivity index (χ0n) is 11.0. The van der Waals surface area contributed by atoms with Gasteiger partial charge in [-0.3, -0.25) is 0 Å². The minimum absolute atomic E-state index is 0.132. The summed E-state index contributed by atoms with van der Waals surface area (Å²) in [6.07, 6.45) is 0.229. The molecule has 3 N–H and O–H groups in total. The summed E-state index contributed by atoms with van der Waals surface area (Å²) in [7, 11) is 1.61. The Kier molecular flexibility index (Phi) is 3.82. The minimum atomic E-state index is -1.04. The highest BCUT2D eigenvalue weighted by Crippen LogP contribution is 2.20. The molecule has 0 fully saturated rings. The number of ether oxygens (including phenoxy) is 1. The first-order valence-electron chi connectivity index (χ1n) is 5.93. The van der Waals surface area contributed by atoms with Crippen LogP contribution in [0.1, 0.15) is 12.8 Å². The van der Waals surface area contributed by atoms with E-state index in [4.69, 9.17) is 15.0 Å². The van der Waals surface area contributed by atoms with E-state index in [-0.39, 0.29) is 13.0 Å². The molecule has 2 aromatic rings. The topological polar surface area (TPSA) is 94.4 Å². The molecule has 0 saturated carbocycles. The first-order chi connectivity index (χ1) is 9.04. The second-order valence-electron chi connectivity index (χ2n) is 4.62. The molecule has 0 bridgehead atoms. The molecule has 1 heterocycles. The number of hydrogen-bond acceptors (Lipinski definition) is 6. The van der Waals surface area contributed by atoms with Crippen molar-refractivity contribution in [3.8, 4) is 17.1 Å². The van der Waals surface area contributed by atoms with Crippen molar-refractivity contribution in [2.75, 3.05) is 13.7 Å². The predicted octanol–water partition coefficient (Wildman–Crippen LogP) is 0.997. The van der Waals surface area contributed by atoms with E-state index in [1.54, 1.807) is 14.0 Å². The summed E-state index contributed by atoms with van der Waals surface area (Å²) < 4.78 is 10.2. The number of methoxy groups -OCH3 is 1. The van der Waals surface area contributed by atoms with Crippen molar-refractivity contribution in [1.82, 2.24) is 10.1 Å². The summed E-state index contributed by atoms with van der Waals surface area (Å²) in [5.41, 5.74) is 5.23. The second-order valence-corrected chi connectivity index (χ2v) is 4.62. The summed E-state index contributed by atoms with van der Waals surface area (Å²) in [6, 6.07) is 7.33. The summed E-state index contributed by atoms with van der Waals surface area (Å²) in [5.74, 6) is 1.60. The maximum absolute atomic E-state index is 9.86. The zero-order chi connectivity index (χ0) is 13.9. The van der Waals surface area contributed by atoms with E-state index < -0.39 is 5.60 Å². The maximum Gasteiger partial charge on any atom is 0.229 e. The van der Waals surface area contributed by atoms with Crippen molar-refractivity contribution >= 4 is 0 Å². The van der Waals surface area contributed by atoms with Crippen LogP contribution in [0.15, 0.2) is 28.8 Å². The lowest BCUT2D eigenvalue weighted by molar-refractivity contribution is 0.0610. The van der Waals surface area contributed by atoms with E-state index >= 15 is 0 Å². The highest BCUT2D eigenvalue weighted by atomic mass is 16.5. The second kappa shape index (κ2) is 5.38. The molecular weight excluding hydrogens is 246 g/mol.